The summed E-state index contributed by atoms with van der Waals surface area (Å²) in [6.45, 7) is 2.83. The maximum Gasteiger partial charge on any atom is 0.0551 e. The van der Waals surface area contributed by atoms with Gasteiger partial charge < -0.3 is 10.6 Å². The van der Waals surface area contributed by atoms with Crippen molar-refractivity contribution in [2.45, 2.75) is 24.9 Å². The van der Waals surface area contributed by atoms with Crippen molar-refractivity contribution in [1.29, 1.82) is 0 Å². The molecule has 2 unspecified atom stereocenters. The average Bonchev–Trinajstić information content (AvgIpc) is 2.82. The summed E-state index contributed by atoms with van der Waals surface area (Å²) in [6.07, 6.45) is 2.50. The summed E-state index contributed by atoms with van der Waals surface area (Å²) >= 11 is 9.67. The smallest absolute Gasteiger partial charge is 0.0551 e. The van der Waals surface area contributed by atoms with Gasteiger partial charge in [-0.15, -0.1) is 0 Å². The molecule has 0 amide bonds. The van der Waals surface area contributed by atoms with E-state index in [1.54, 1.807) is 0 Å². The van der Waals surface area contributed by atoms with Gasteiger partial charge in [0.1, 0.15) is 0 Å². The Hall–Kier alpha value is -0.130. The molecule has 5 heteroatoms. The van der Waals surface area contributed by atoms with E-state index in [1.165, 1.54) is 18.4 Å². The second kappa shape index (κ2) is 7.23. The van der Waals surface area contributed by atoms with Crippen molar-refractivity contribution >= 4 is 27.5 Å². The largest absolute Gasteiger partial charge is 0.329 e. The van der Waals surface area contributed by atoms with Crippen LogP contribution in [0.25, 0.3) is 0 Å². The molecule has 1 aromatic carbocycles. The highest BCUT2D eigenvalue weighted by atomic mass is 79.9. The van der Waals surface area contributed by atoms with E-state index in [2.05, 4.69) is 45.9 Å². The normalized spacial score (nSPS) is 21.6. The van der Waals surface area contributed by atoms with Crippen LogP contribution in [0, 0.1) is 0 Å². The maximum absolute atomic E-state index is 6.23. The van der Waals surface area contributed by atoms with Gasteiger partial charge in [0.25, 0.3) is 0 Å². The fourth-order valence-electron chi connectivity index (χ4n) is 3.07. The van der Waals surface area contributed by atoms with Gasteiger partial charge in [0.05, 0.1) is 5.02 Å². The van der Waals surface area contributed by atoms with E-state index in [0.717, 1.165) is 22.6 Å². The molecule has 1 fully saturated rings. The van der Waals surface area contributed by atoms with Crippen LogP contribution in [0.3, 0.4) is 0 Å². The Morgan fingerprint density at radius 2 is 2.25 bits per heavy atom. The van der Waals surface area contributed by atoms with Crippen LogP contribution in [0.5, 0.6) is 0 Å². The van der Waals surface area contributed by atoms with E-state index in [9.17, 15) is 0 Å². The first-order valence-corrected chi connectivity index (χ1v) is 8.25. The molecule has 1 aromatic rings. The van der Waals surface area contributed by atoms with Gasteiger partial charge in [-0.2, -0.15) is 0 Å². The van der Waals surface area contributed by atoms with Gasteiger partial charge in [-0.3, -0.25) is 4.90 Å². The first-order valence-electron chi connectivity index (χ1n) is 7.08. The van der Waals surface area contributed by atoms with Crippen LogP contribution in [-0.4, -0.2) is 49.6 Å². The van der Waals surface area contributed by atoms with Crippen LogP contribution in [0.2, 0.25) is 5.02 Å². The van der Waals surface area contributed by atoms with E-state index >= 15 is 0 Å². The third-order valence-corrected chi connectivity index (χ3v) is 5.18. The predicted octanol–water partition coefficient (Wildman–Crippen LogP) is 3.13. The van der Waals surface area contributed by atoms with Crippen molar-refractivity contribution < 1.29 is 0 Å². The van der Waals surface area contributed by atoms with Crippen LogP contribution in [0.4, 0.5) is 0 Å². The Labute approximate surface area is 135 Å². The lowest BCUT2D eigenvalue weighted by atomic mass is 10.0. The zero-order valence-electron chi connectivity index (χ0n) is 12.1. The monoisotopic (exact) mass is 359 g/mol. The quantitative estimate of drug-likeness (QED) is 0.875. The summed E-state index contributed by atoms with van der Waals surface area (Å²) in [6, 6.07) is 7.01. The van der Waals surface area contributed by atoms with E-state index < -0.39 is 0 Å². The zero-order valence-corrected chi connectivity index (χ0v) is 14.5. The minimum Gasteiger partial charge on any atom is -0.329 e. The van der Waals surface area contributed by atoms with Gasteiger partial charge in [-0.05, 0) is 67.1 Å². The second-order valence-electron chi connectivity index (χ2n) is 5.72. The molecule has 2 atom stereocenters. The van der Waals surface area contributed by atoms with Crippen LogP contribution in [-0.2, 0) is 0 Å². The molecule has 0 aromatic heterocycles. The zero-order chi connectivity index (χ0) is 14.7. The Morgan fingerprint density at radius 1 is 1.50 bits per heavy atom. The van der Waals surface area contributed by atoms with Crippen molar-refractivity contribution in [2.75, 3.05) is 33.7 Å². The maximum atomic E-state index is 6.23. The number of hydrogen-bond donors (Lipinski definition) is 1. The van der Waals surface area contributed by atoms with Crippen molar-refractivity contribution in [2.24, 2.45) is 5.73 Å². The van der Waals surface area contributed by atoms with E-state index in [-0.39, 0.29) is 6.04 Å². The second-order valence-corrected chi connectivity index (χ2v) is 6.98. The highest BCUT2D eigenvalue weighted by Crippen LogP contribution is 2.32. The number of likely N-dealkylation sites (tertiary alicyclic amines) is 1. The fraction of sp³-hybridized carbons (Fsp3) is 0.600. The third kappa shape index (κ3) is 3.74. The van der Waals surface area contributed by atoms with Crippen molar-refractivity contribution in [3.8, 4) is 0 Å². The molecular formula is C15H23BrClN3. The molecule has 1 heterocycles. The third-order valence-electron chi connectivity index (χ3n) is 3.95. The fourth-order valence-corrected chi connectivity index (χ4v) is 3.50. The lowest BCUT2D eigenvalue weighted by Gasteiger charge is -2.34. The minimum absolute atomic E-state index is 0.257. The van der Waals surface area contributed by atoms with Crippen molar-refractivity contribution in [3.63, 3.8) is 0 Å². The Bertz CT molecular complexity index is 453. The summed E-state index contributed by atoms with van der Waals surface area (Å²) in [5.41, 5.74) is 7.27. The van der Waals surface area contributed by atoms with E-state index in [4.69, 9.17) is 17.3 Å². The van der Waals surface area contributed by atoms with Crippen molar-refractivity contribution in [1.82, 2.24) is 9.80 Å². The lowest BCUT2D eigenvalue weighted by Crippen LogP contribution is -2.42. The summed E-state index contributed by atoms with van der Waals surface area (Å²) in [4.78, 5) is 4.80. The molecule has 20 heavy (non-hydrogen) atoms. The van der Waals surface area contributed by atoms with Crippen LogP contribution in [0.1, 0.15) is 24.4 Å². The lowest BCUT2D eigenvalue weighted by molar-refractivity contribution is 0.156. The SMILES string of the molecule is CN(C)CC1CCCN1C(CN)c1ccc(Br)c(Cl)c1. The number of rotatable bonds is 5. The predicted molar refractivity (Wildman–Crippen MR) is 89.2 cm³/mol. The highest BCUT2D eigenvalue weighted by molar-refractivity contribution is 9.10. The molecule has 1 aliphatic heterocycles. The van der Waals surface area contributed by atoms with Gasteiger partial charge >= 0.3 is 0 Å². The van der Waals surface area contributed by atoms with Crippen LogP contribution < -0.4 is 5.73 Å². The number of nitrogens with two attached hydrogens (primary N) is 1. The highest BCUT2D eigenvalue weighted by Gasteiger charge is 2.31. The van der Waals surface area contributed by atoms with Crippen LogP contribution in [0.15, 0.2) is 22.7 Å². The molecule has 0 spiro atoms. The topological polar surface area (TPSA) is 32.5 Å². The molecule has 1 aliphatic rings. The Morgan fingerprint density at radius 3 is 2.85 bits per heavy atom. The summed E-state index contributed by atoms with van der Waals surface area (Å²) in [5.74, 6) is 0. The number of hydrogen-bond acceptors (Lipinski definition) is 3. The van der Waals surface area contributed by atoms with Gasteiger partial charge in [-0.1, -0.05) is 17.7 Å². The molecule has 112 valence electrons. The first-order chi connectivity index (χ1) is 9.52. The number of benzene rings is 1. The Balaban J connectivity index is 2.20. The molecule has 0 radical (unpaired) electrons. The molecule has 3 nitrogen and oxygen atoms in total. The van der Waals surface area contributed by atoms with Gasteiger partial charge in [-0.25, -0.2) is 0 Å². The first kappa shape index (κ1) is 16.2. The Kier molecular flexibility index (Phi) is 5.87. The molecule has 1 saturated heterocycles. The molecule has 0 aliphatic carbocycles. The van der Waals surface area contributed by atoms with Gasteiger partial charge in [0.2, 0.25) is 0 Å². The van der Waals surface area contributed by atoms with Crippen molar-refractivity contribution in [3.05, 3.63) is 33.3 Å². The summed E-state index contributed by atoms with van der Waals surface area (Å²) in [7, 11) is 4.26. The minimum atomic E-state index is 0.257. The molecule has 0 saturated carbocycles. The van der Waals surface area contributed by atoms with E-state index in [1.807, 2.05) is 12.1 Å². The van der Waals surface area contributed by atoms with Crippen LogP contribution >= 0.6 is 27.5 Å². The molecule has 0 bridgehead atoms. The average molecular weight is 361 g/mol. The van der Waals surface area contributed by atoms with E-state index in [0.29, 0.717) is 12.6 Å². The molecule has 2 rings (SSSR count). The number of nitrogens with zero attached hydrogens (tertiary/aromatic N) is 2. The number of likely N-dealkylation sites (N-methyl/N-ethyl adjacent to an activating group) is 1. The molecular weight excluding hydrogens is 338 g/mol. The summed E-state index contributed by atoms with van der Waals surface area (Å²) < 4.78 is 0.935. The standard InChI is InChI=1S/C15H23BrClN3/c1-19(2)10-12-4-3-7-20(12)15(9-18)11-5-6-13(16)14(17)8-11/h5-6,8,12,15H,3-4,7,9-10,18H2,1-2H3. The summed E-state index contributed by atoms with van der Waals surface area (Å²) in [5, 5.41) is 0.754. The van der Waals surface area contributed by atoms with Gasteiger partial charge in [0.15, 0.2) is 0 Å². The number of halogens is 2. The molecule has 2 N–H and O–H groups in total. The van der Waals surface area contributed by atoms with Gasteiger partial charge in [0, 0.05) is 29.6 Å².